The summed E-state index contributed by atoms with van der Waals surface area (Å²) in [5, 5.41) is 0. The van der Waals surface area contributed by atoms with Crippen LogP contribution in [0.1, 0.15) is 22.6 Å². The number of nitrogens with two attached hydrogens (primary N) is 2. The second-order valence-electron chi connectivity index (χ2n) is 4.01. The lowest BCUT2D eigenvalue weighted by Gasteiger charge is -2.02. The molecule has 18 heavy (non-hydrogen) atoms. The molecule has 0 bridgehead atoms. The number of aryl methyl sites for hydroxylation is 1. The Kier molecular flexibility index (Phi) is 3.16. The fourth-order valence-electron chi connectivity index (χ4n) is 1.40. The molecule has 0 unspecified atom stereocenters. The molecule has 0 aliphatic rings. The molecule has 0 saturated heterocycles. The van der Waals surface area contributed by atoms with Gasteiger partial charge in [-0.25, -0.2) is 9.97 Å². The van der Waals surface area contributed by atoms with Gasteiger partial charge in [0.1, 0.15) is 5.82 Å². The fraction of sp³-hybridized carbons (Fsp3) is 0.143. The molecule has 0 aliphatic carbocycles. The van der Waals surface area contributed by atoms with E-state index in [0.29, 0.717) is 17.3 Å². The minimum absolute atomic E-state index is 0.437. The van der Waals surface area contributed by atoms with Gasteiger partial charge in [0.25, 0.3) is 0 Å². The van der Waals surface area contributed by atoms with E-state index in [1.165, 1.54) is 0 Å². The SMILES string of the molecule is Cc1nc(C#Cc2ccc(N)cc2)nc(N)c1C. The Morgan fingerprint density at radius 3 is 2.22 bits per heavy atom. The average Bonchev–Trinajstić information content (AvgIpc) is 2.35. The van der Waals surface area contributed by atoms with Gasteiger partial charge in [0.05, 0.1) is 0 Å². The molecule has 4 nitrogen and oxygen atoms in total. The molecule has 0 amide bonds. The zero-order valence-electron chi connectivity index (χ0n) is 10.4. The third-order valence-electron chi connectivity index (χ3n) is 2.66. The minimum atomic E-state index is 0.437. The standard InChI is InChI=1S/C14H14N4/c1-9-10(2)17-13(18-14(9)16)8-5-11-3-6-12(15)7-4-11/h3-4,6-7H,15H2,1-2H3,(H2,16,17,18). The van der Waals surface area contributed by atoms with Gasteiger partial charge in [0.15, 0.2) is 0 Å². The van der Waals surface area contributed by atoms with Gasteiger partial charge in [-0.3, -0.25) is 0 Å². The molecular weight excluding hydrogens is 224 g/mol. The minimum Gasteiger partial charge on any atom is -0.399 e. The van der Waals surface area contributed by atoms with Crippen molar-refractivity contribution in [2.75, 3.05) is 11.5 Å². The van der Waals surface area contributed by atoms with Crippen LogP contribution in [0.25, 0.3) is 0 Å². The first-order valence-corrected chi connectivity index (χ1v) is 5.54. The smallest absolute Gasteiger partial charge is 0.207 e. The molecule has 0 aliphatic heterocycles. The quantitative estimate of drug-likeness (QED) is 0.540. The molecule has 2 aromatic rings. The van der Waals surface area contributed by atoms with Crippen LogP contribution in [-0.2, 0) is 0 Å². The van der Waals surface area contributed by atoms with E-state index < -0.39 is 0 Å². The lowest BCUT2D eigenvalue weighted by molar-refractivity contribution is 1.04. The third kappa shape index (κ3) is 2.58. The van der Waals surface area contributed by atoms with Gasteiger partial charge >= 0.3 is 0 Å². The Hall–Kier alpha value is -2.54. The van der Waals surface area contributed by atoms with Crippen molar-refractivity contribution in [2.45, 2.75) is 13.8 Å². The zero-order chi connectivity index (χ0) is 13.1. The van der Waals surface area contributed by atoms with Crippen LogP contribution in [0.4, 0.5) is 11.5 Å². The highest BCUT2D eigenvalue weighted by atomic mass is 14.9. The van der Waals surface area contributed by atoms with Crippen molar-refractivity contribution >= 4 is 11.5 Å². The lowest BCUT2D eigenvalue weighted by atomic mass is 10.2. The van der Waals surface area contributed by atoms with Gasteiger partial charge in [0, 0.05) is 22.5 Å². The Balaban J connectivity index is 2.33. The van der Waals surface area contributed by atoms with Crippen LogP contribution in [0.3, 0.4) is 0 Å². The van der Waals surface area contributed by atoms with Crippen LogP contribution in [0.2, 0.25) is 0 Å². The Bertz CT molecular complexity index is 610. The van der Waals surface area contributed by atoms with Crippen LogP contribution >= 0.6 is 0 Å². The second-order valence-corrected chi connectivity index (χ2v) is 4.01. The number of rotatable bonds is 0. The van der Waals surface area contributed by atoms with Gasteiger partial charge in [-0.15, -0.1) is 0 Å². The number of hydrogen-bond acceptors (Lipinski definition) is 4. The van der Waals surface area contributed by atoms with E-state index in [4.69, 9.17) is 11.5 Å². The van der Waals surface area contributed by atoms with Gasteiger partial charge in [-0.05, 0) is 44.0 Å². The lowest BCUT2D eigenvalue weighted by Crippen LogP contribution is -2.02. The molecule has 0 fully saturated rings. The molecule has 0 spiro atoms. The van der Waals surface area contributed by atoms with Crippen LogP contribution < -0.4 is 11.5 Å². The largest absolute Gasteiger partial charge is 0.399 e. The maximum absolute atomic E-state index is 5.77. The maximum Gasteiger partial charge on any atom is 0.207 e. The summed E-state index contributed by atoms with van der Waals surface area (Å²) in [7, 11) is 0. The summed E-state index contributed by atoms with van der Waals surface area (Å²) in [6.07, 6.45) is 0. The summed E-state index contributed by atoms with van der Waals surface area (Å²) in [6, 6.07) is 7.32. The van der Waals surface area contributed by atoms with Crippen LogP contribution in [0.5, 0.6) is 0 Å². The van der Waals surface area contributed by atoms with Crippen molar-refractivity contribution < 1.29 is 0 Å². The molecule has 1 aromatic heterocycles. The molecule has 1 heterocycles. The van der Waals surface area contributed by atoms with Crippen molar-refractivity contribution in [1.82, 2.24) is 9.97 Å². The first kappa shape index (κ1) is 11.9. The van der Waals surface area contributed by atoms with E-state index in [9.17, 15) is 0 Å². The van der Waals surface area contributed by atoms with Gasteiger partial charge in [0.2, 0.25) is 5.82 Å². The van der Waals surface area contributed by atoms with E-state index in [0.717, 1.165) is 16.8 Å². The molecule has 4 N–H and O–H groups in total. The molecule has 0 saturated carbocycles. The maximum atomic E-state index is 5.77. The first-order valence-electron chi connectivity index (χ1n) is 5.54. The van der Waals surface area contributed by atoms with E-state index >= 15 is 0 Å². The summed E-state index contributed by atoms with van der Waals surface area (Å²) in [6.45, 7) is 3.78. The Morgan fingerprint density at radius 2 is 1.61 bits per heavy atom. The van der Waals surface area contributed by atoms with Gasteiger partial charge in [-0.1, -0.05) is 5.92 Å². The fourth-order valence-corrected chi connectivity index (χ4v) is 1.40. The first-order chi connectivity index (χ1) is 8.56. The van der Waals surface area contributed by atoms with Crippen LogP contribution in [0.15, 0.2) is 24.3 Å². The summed E-state index contributed by atoms with van der Waals surface area (Å²) in [4.78, 5) is 8.41. The Labute approximate surface area is 106 Å². The van der Waals surface area contributed by atoms with E-state index in [-0.39, 0.29) is 0 Å². The summed E-state index contributed by atoms with van der Waals surface area (Å²) < 4.78 is 0. The van der Waals surface area contributed by atoms with Gasteiger partial charge in [-0.2, -0.15) is 0 Å². The van der Waals surface area contributed by atoms with Crippen LogP contribution in [-0.4, -0.2) is 9.97 Å². The van der Waals surface area contributed by atoms with Crippen molar-refractivity contribution in [3.05, 3.63) is 46.9 Å². The van der Waals surface area contributed by atoms with E-state index in [1.807, 2.05) is 26.0 Å². The third-order valence-corrected chi connectivity index (χ3v) is 2.66. The number of benzene rings is 1. The predicted molar refractivity (Wildman–Crippen MR) is 72.8 cm³/mol. The van der Waals surface area contributed by atoms with Crippen LogP contribution in [0, 0.1) is 25.7 Å². The Morgan fingerprint density at radius 1 is 0.944 bits per heavy atom. The number of aromatic nitrogens is 2. The zero-order valence-corrected chi connectivity index (χ0v) is 10.4. The second kappa shape index (κ2) is 4.76. The number of nitrogen functional groups attached to an aromatic ring is 2. The topological polar surface area (TPSA) is 77.8 Å². The number of anilines is 2. The molecule has 0 atom stereocenters. The molecule has 0 radical (unpaired) electrons. The molecule has 4 heteroatoms. The van der Waals surface area contributed by atoms with Crippen molar-refractivity contribution in [2.24, 2.45) is 0 Å². The normalized spacial score (nSPS) is 9.67. The monoisotopic (exact) mass is 238 g/mol. The molecule has 90 valence electrons. The predicted octanol–water partition coefficient (Wildman–Crippen LogP) is 1.66. The number of hydrogen-bond donors (Lipinski definition) is 2. The summed E-state index contributed by atoms with van der Waals surface area (Å²) >= 11 is 0. The highest BCUT2D eigenvalue weighted by Gasteiger charge is 2.02. The van der Waals surface area contributed by atoms with Gasteiger partial charge < -0.3 is 11.5 Å². The van der Waals surface area contributed by atoms with E-state index in [2.05, 4.69) is 21.8 Å². The highest BCUT2D eigenvalue weighted by Crippen LogP contribution is 2.10. The van der Waals surface area contributed by atoms with Crippen molar-refractivity contribution in [3.8, 4) is 11.8 Å². The molecule has 1 aromatic carbocycles. The highest BCUT2D eigenvalue weighted by molar-refractivity contribution is 5.47. The average molecular weight is 238 g/mol. The number of nitrogens with zero attached hydrogens (tertiary/aromatic N) is 2. The van der Waals surface area contributed by atoms with E-state index in [1.54, 1.807) is 12.1 Å². The summed E-state index contributed by atoms with van der Waals surface area (Å²) in [5.41, 5.74) is 14.7. The van der Waals surface area contributed by atoms with Crippen molar-refractivity contribution in [3.63, 3.8) is 0 Å². The molecule has 2 rings (SSSR count). The van der Waals surface area contributed by atoms with Crippen molar-refractivity contribution in [1.29, 1.82) is 0 Å². The molecular formula is C14H14N4. The summed E-state index contributed by atoms with van der Waals surface area (Å²) in [5.74, 6) is 6.79.